The molecule has 0 fully saturated rings. The van der Waals surface area contributed by atoms with Gasteiger partial charge in [-0.2, -0.15) is 0 Å². The minimum Gasteiger partial charge on any atom is -0.748 e. The van der Waals surface area contributed by atoms with Gasteiger partial charge >= 0.3 is 0 Å². The van der Waals surface area contributed by atoms with Crippen molar-refractivity contribution in [2.75, 3.05) is 49.4 Å². The maximum absolute atomic E-state index is 14.4. The van der Waals surface area contributed by atoms with Crippen LogP contribution in [0.4, 0.5) is 11.4 Å². The Balaban J connectivity index is 1.67. The first kappa shape index (κ1) is 40.2. The first-order chi connectivity index (χ1) is 24.2. The van der Waals surface area contributed by atoms with Gasteiger partial charge in [0.15, 0.2) is 16.4 Å². The fourth-order valence-corrected chi connectivity index (χ4v) is 9.60. The number of hydrogen-bond donors (Lipinski definition) is 1. The number of benzene rings is 3. The largest absolute Gasteiger partial charge is 0.748 e. The molecule has 1 heterocycles. The van der Waals surface area contributed by atoms with Crippen LogP contribution in [0.15, 0.2) is 82.6 Å². The molecular weight excluding hydrogens is 711 g/mol. The average Bonchev–Trinajstić information content (AvgIpc) is 3.21. The van der Waals surface area contributed by atoms with E-state index >= 15 is 0 Å². The van der Waals surface area contributed by atoms with Crippen molar-refractivity contribution in [3.63, 3.8) is 0 Å². The Morgan fingerprint density at radius 1 is 1.02 bits per heavy atom. The normalized spacial score (nSPS) is 15.7. The van der Waals surface area contributed by atoms with Crippen LogP contribution in [0, 0.1) is 5.41 Å². The van der Waals surface area contributed by atoms with Crippen LogP contribution in [-0.4, -0.2) is 82.6 Å². The third-order valence-electron chi connectivity index (χ3n) is 9.15. The van der Waals surface area contributed by atoms with Crippen LogP contribution in [0.25, 0.3) is 0 Å². The molecule has 4 rings (SSSR count). The lowest BCUT2D eigenvalue weighted by atomic mass is 9.79. The second-order valence-corrected chi connectivity index (χ2v) is 17.4. The number of nitrogens with zero attached hydrogens (tertiary/aromatic N) is 2. The molecule has 3 aromatic rings. The van der Waals surface area contributed by atoms with E-state index in [2.05, 4.69) is 24.1 Å². The van der Waals surface area contributed by atoms with Crippen LogP contribution >= 0.6 is 11.8 Å². The van der Waals surface area contributed by atoms with E-state index < -0.39 is 55.6 Å². The van der Waals surface area contributed by atoms with E-state index in [4.69, 9.17) is 4.74 Å². The SMILES string of the molecule is CCCCC1(CCCC)CN(c2ccccc2)c2cc(SC)c(OCC(=O)N[C@@H](C(=O)N(C)CCS(=O)(=O)[O-])c3ccccc3)cc2S(=O)(=O)C1. The fourth-order valence-electron chi connectivity index (χ4n) is 6.44. The van der Waals surface area contributed by atoms with Gasteiger partial charge in [0, 0.05) is 37.3 Å². The second kappa shape index (κ2) is 17.8. The van der Waals surface area contributed by atoms with Crippen LogP contribution in [-0.2, 0) is 29.5 Å². The van der Waals surface area contributed by atoms with Crippen molar-refractivity contribution >= 4 is 54.9 Å². The van der Waals surface area contributed by atoms with Crippen molar-refractivity contribution in [3.8, 4) is 5.75 Å². The van der Waals surface area contributed by atoms with Gasteiger partial charge < -0.3 is 24.4 Å². The van der Waals surface area contributed by atoms with E-state index in [1.807, 2.05) is 42.7 Å². The maximum atomic E-state index is 14.4. The molecule has 0 aliphatic carbocycles. The van der Waals surface area contributed by atoms with Crippen molar-refractivity contribution in [3.05, 3.63) is 78.4 Å². The predicted octanol–water partition coefficient (Wildman–Crippen LogP) is 5.94. The van der Waals surface area contributed by atoms with Gasteiger partial charge in [-0.3, -0.25) is 9.59 Å². The Morgan fingerprint density at radius 3 is 2.20 bits per heavy atom. The number of amides is 2. The molecule has 3 aromatic carbocycles. The molecule has 0 bridgehead atoms. The van der Waals surface area contributed by atoms with Gasteiger partial charge in [-0.25, -0.2) is 16.8 Å². The van der Waals surface area contributed by atoms with Gasteiger partial charge in [0.05, 0.1) is 37.1 Å². The van der Waals surface area contributed by atoms with Crippen LogP contribution in [0.1, 0.15) is 64.0 Å². The lowest BCUT2D eigenvalue weighted by Crippen LogP contribution is -2.44. The van der Waals surface area contributed by atoms with Gasteiger partial charge in [-0.1, -0.05) is 88.1 Å². The minimum absolute atomic E-state index is 0.00307. The summed E-state index contributed by atoms with van der Waals surface area (Å²) >= 11 is 1.37. The molecule has 51 heavy (non-hydrogen) atoms. The van der Waals surface area contributed by atoms with E-state index in [0.29, 0.717) is 22.7 Å². The summed E-state index contributed by atoms with van der Waals surface area (Å²) in [5.74, 6) is -1.82. The van der Waals surface area contributed by atoms with Crippen LogP contribution < -0.4 is 15.0 Å². The number of unbranched alkanes of at least 4 members (excludes halogenated alkanes) is 2. The number of likely N-dealkylation sites (N-methyl/N-ethyl adjacent to an activating group) is 1. The van der Waals surface area contributed by atoms with Crippen LogP contribution in [0.5, 0.6) is 5.75 Å². The highest BCUT2D eigenvalue weighted by Gasteiger charge is 2.42. The highest BCUT2D eigenvalue weighted by atomic mass is 32.2. The van der Waals surface area contributed by atoms with E-state index in [9.17, 15) is 31.0 Å². The van der Waals surface area contributed by atoms with Gasteiger partial charge in [0.2, 0.25) is 5.91 Å². The molecule has 1 aliphatic heterocycles. The van der Waals surface area contributed by atoms with Crippen molar-refractivity contribution in [1.82, 2.24) is 10.2 Å². The number of carbonyl (C=O) groups excluding carboxylic acids is 2. The first-order valence-electron chi connectivity index (χ1n) is 17.2. The van der Waals surface area contributed by atoms with Crippen LogP contribution in [0.3, 0.4) is 0 Å². The standard InChI is InChI=1S/C37H49N3O8S3/c1-5-7-19-37(20-8-6-2)26-40(29-17-13-10-14-18-29)30-23-32(49-4)31(24-33(30)50(43,44)27-37)48-25-34(41)38-35(28-15-11-9-12-16-28)36(42)39(3)21-22-51(45,46)47/h9-18,23-24,35H,5-8,19-22,25-27H2,1-4H3,(H,38,41)(H,45,46,47)/p-1/t35-/m1/s1. The molecule has 0 aromatic heterocycles. The molecule has 14 heteroatoms. The van der Waals surface area contributed by atoms with Gasteiger partial charge in [0.1, 0.15) is 11.8 Å². The molecule has 1 aliphatic rings. The van der Waals surface area contributed by atoms with E-state index in [0.717, 1.165) is 49.1 Å². The zero-order valence-electron chi connectivity index (χ0n) is 29.7. The van der Waals surface area contributed by atoms with E-state index in [1.165, 1.54) is 24.9 Å². The summed E-state index contributed by atoms with van der Waals surface area (Å²) in [4.78, 5) is 30.7. The number of sulfone groups is 1. The Labute approximate surface area is 306 Å². The molecule has 278 valence electrons. The van der Waals surface area contributed by atoms with Crippen molar-refractivity contribution < 1.29 is 35.7 Å². The Kier molecular flexibility index (Phi) is 14.0. The Bertz CT molecular complexity index is 1850. The Morgan fingerprint density at radius 2 is 1.63 bits per heavy atom. The maximum Gasteiger partial charge on any atom is 0.258 e. The lowest BCUT2D eigenvalue weighted by molar-refractivity contribution is -0.136. The molecule has 0 saturated heterocycles. The minimum atomic E-state index is -4.56. The average molecular weight is 759 g/mol. The molecule has 0 radical (unpaired) electrons. The second-order valence-electron chi connectivity index (χ2n) is 13.1. The number of anilines is 2. The highest BCUT2D eigenvalue weighted by Crippen LogP contribution is 2.47. The van der Waals surface area contributed by atoms with Crippen molar-refractivity contribution in [1.29, 1.82) is 0 Å². The molecule has 0 unspecified atom stereocenters. The summed E-state index contributed by atoms with van der Waals surface area (Å²) in [5.41, 5.74) is 1.44. The fraction of sp³-hybridized carbons (Fsp3) is 0.459. The summed E-state index contributed by atoms with van der Waals surface area (Å²) in [6.45, 7) is 3.90. The van der Waals surface area contributed by atoms with E-state index in [-0.39, 0.29) is 22.9 Å². The topological polar surface area (TPSA) is 153 Å². The van der Waals surface area contributed by atoms with Crippen LogP contribution in [0.2, 0.25) is 0 Å². The molecule has 2 amide bonds. The molecule has 1 atom stereocenters. The number of nitrogens with one attached hydrogen (secondary N) is 1. The molecule has 0 saturated carbocycles. The molecule has 1 N–H and O–H groups in total. The number of para-hydroxylation sites is 1. The molecule has 0 spiro atoms. The summed E-state index contributed by atoms with van der Waals surface area (Å²) in [7, 11) is -7.02. The summed E-state index contributed by atoms with van der Waals surface area (Å²) in [5, 5.41) is 2.67. The number of rotatable bonds is 17. The number of fused-ring (bicyclic) bond motifs is 1. The number of ether oxygens (including phenoxy) is 1. The predicted molar refractivity (Wildman–Crippen MR) is 200 cm³/mol. The van der Waals surface area contributed by atoms with E-state index in [1.54, 1.807) is 30.3 Å². The third-order valence-corrected chi connectivity index (χ3v) is 12.6. The first-order valence-corrected chi connectivity index (χ1v) is 21.6. The van der Waals surface area contributed by atoms with Gasteiger partial charge in [0.25, 0.3) is 5.91 Å². The Hall–Kier alpha value is -3.59. The highest BCUT2D eigenvalue weighted by molar-refractivity contribution is 7.98. The summed E-state index contributed by atoms with van der Waals surface area (Å²) in [6.07, 6.45) is 7.15. The zero-order valence-corrected chi connectivity index (χ0v) is 32.1. The van der Waals surface area contributed by atoms with Gasteiger partial charge in [-0.15, -0.1) is 11.8 Å². The third kappa shape index (κ3) is 10.7. The van der Waals surface area contributed by atoms with Crippen molar-refractivity contribution in [2.45, 2.75) is 68.2 Å². The molecule has 11 nitrogen and oxygen atoms in total. The quantitative estimate of drug-likeness (QED) is 0.129. The lowest BCUT2D eigenvalue weighted by Gasteiger charge is -2.37. The van der Waals surface area contributed by atoms with Crippen molar-refractivity contribution in [2.24, 2.45) is 5.41 Å². The summed E-state index contributed by atoms with van der Waals surface area (Å²) < 4.78 is 68.3. The summed E-state index contributed by atoms with van der Waals surface area (Å²) in [6, 6.07) is 20.4. The van der Waals surface area contributed by atoms with Gasteiger partial charge in [-0.05, 0) is 42.9 Å². The number of carbonyl (C=O) groups is 2. The number of thioether (sulfide) groups is 1. The zero-order chi connectivity index (χ0) is 37.2. The number of hydrogen-bond acceptors (Lipinski definition) is 10. The smallest absolute Gasteiger partial charge is 0.258 e. The monoisotopic (exact) mass is 758 g/mol. The molecular formula is C37H48N3O8S3-.